The Morgan fingerprint density at radius 3 is 2.81 bits per heavy atom. The molecule has 2 aromatic heterocycles. The summed E-state index contributed by atoms with van der Waals surface area (Å²) in [6.07, 6.45) is 2.09. The Balaban J connectivity index is 1.83. The molecule has 0 radical (unpaired) electrons. The average molecular weight is 282 g/mol. The van der Waals surface area contributed by atoms with E-state index in [0.717, 1.165) is 11.3 Å². The highest BCUT2D eigenvalue weighted by atomic mass is 16.5. The van der Waals surface area contributed by atoms with Gasteiger partial charge in [0.1, 0.15) is 11.4 Å². The maximum Gasteiger partial charge on any atom is 0.276 e. The van der Waals surface area contributed by atoms with E-state index >= 15 is 0 Å². The van der Waals surface area contributed by atoms with Gasteiger partial charge in [-0.15, -0.1) is 0 Å². The highest BCUT2D eigenvalue weighted by Crippen LogP contribution is 2.21. The van der Waals surface area contributed by atoms with Gasteiger partial charge >= 0.3 is 0 Å². The zero-order valence-electron chi connectivity index (χ0n) is 11.5. The van der Waals surface area contributed by atoms with Crippen LogP contribution in [0, 0.1) is 0 Å². The highest BCUT2D eigenvalue weighted by molar-refractivity contribution is 5.50. The molecule has 106 valence electrons. The molecular formula is C15H14N4O2. The minimum absolute atomic E-state index is 0.375. The van der Waals surface area contributed by atoms with Crippen LogP contribution in [0.5, 0.6) is 5.75 Å². The number of anilines is 1. The molecule has 21 heavy (non-hydrogen) atoms. The smallest absolute Gasteiger partial charge is 0.276 e. The zero-order valence-corrected chi connectivity index (χ0v) is 11.5. The molecule has 0 unspecified atom stereocenters. The van der Waals surface area contributed by atoms with Crippen molar-refractivity contribution in [2.45, 2.75) is 6.42 Å². The Hall–Kier alpha value is -2.89. The van der Waals surface area contributed by atoms with Gasteiger partial charge < -0.3 is 15.0 Å². The number of benzene rings is 1. The summed E-state index contributed by atoms with van der Waals surface area (Å²) in [6, 6.07) is 11.2. The van der Waals surface area contributed by atoms with Crippen LogP contribution in [0.4, 0.5) is 5.69 Å². The molecule has 0 saturated heterocycles. The van der Waals surface area contributed by atoms with E-state index in [4.69, 9.17) is 15.0 Å². The molecule has 6 heteroatoms. The fourth-order valence-electron chi connectivity index (χ4n) is 1.98. The van der Waals surface area contributed by atoms with E-state index in [1.54, 1.807) is 25.4 Å². The van der Waals surface area contributed by atoms with Gasteiger partial charge in [0.05, 0.1) is 19.0 Å². The van der Waals surface area contributed by atoms with E-state index < -0.39 is 0 Å². The first-order chi connectivity index (χ1) is 10.3. The Morgan fingerprint density at radius 2 is 2.05 bits per heavy atom. The summed E-state index contributed by atoms with van der Waals surface area (Å²) >= 11 is 0. The molecule has 3 aromatic rings. The molecule has 0 amide bonds. The molecule has 0 saturated carbocycles. The van der Waals surface area contributed by atoms with Crippen LogP contribution in [0.3, 0.4) is 0 Å². The predicted molar refractivity (Wildman–Crippen MR) is 77.7 cm³/mol. The van der Waals surface area contributed by atoms with Gasteiger partial charge in [-0.2, -0.15) is 4.98 Å². The standard InChI is InChI=1S/C15H14N4O2/c1-20-13-5-3-2-4-10(13)8-14-18-15(21-19-14)12-7-6-11(16)9-17-12/h2-7,9H,8,16H2,1H3. The highest BCUT2D eigenvalue weighted by Gasteiger charge is 2.12. The number of rotatable bonds is 4. The first kappa shape index (κ1) is 13.1. The topological polar surface area (TPSA) is 87.1 Å². The van der Waals surface area contributed by atoms with Crippen LogP contribution < -0.4 is 10.5 Å². The monoisotopic (exact) mass is 282 g/mol. The third-order valence-corrected chi connectivity index (χ3v) is 3.01. The van der Waals surface area contributed by atoms with Crippen molar-refractivity contribution >= 4 is 5.69 Å². The third-order valence-electron chi connectivity index (χ3n) is 3.01. The first-order valence-corrected chi connectivity index (χ1v) is 6.42. The molecule has 6 nitrogen and oxygen atoms in total. The van der Waals surface area contributed by atoms with Gasteiger partial charge in [-0.05, 0) is 18.2 Å². The zero-order chi connectivity index (χ0) is 14.7. The minimum Gasteiger partial charge on any atom is -0.496 e. The van der Waals surface area contributed by atoms with Crippen LogP contribution in [0.15, 0.2) is 47.1 Å². The largest absolute Gasteiger partial charge is 0.496 e. The molecule has 0 spiro atoms. The lowest BCUT2D eigenvalue weighted by molar-refractivity contribution is 0.408. The first-order valence-electron chi connectivity index (χ1n) is 6.42. The van der Waals surface area contributed by atoms with Gasteiger partial charge in [0.25, 0.3) is 5.89 Å². The van der Waals surface area contributed by atoms with Gasteiger partial charge in [0, 0.05) is 12.0 Å². The minimum atomic E-state index is 0.375. The van der Waals surface area contributed by atoms with Gasteiger partial charge in [-0.25, -0.2) is 4.98 Å². The molecular weight excluding hydrogens is 268 g/mol. The number of pyridine rings is 1. The SMILES string of the molecule is COc1ccccc1Cc1noc(-c2ccc(N)cn2)n1. The number of hydrogen-bond acceptors (Lipinski definition) is 6. The van der Waals surface area contributed by atoms with Crippen molar-refractivity contribution in [3.05, 3.63) is 54.0 Å². The molecule has 1 aromatic carbocycles. The summed E-state index contributed by atoms with van der Waals surface area (Å²) < 4.78 is 10.5. The number of para-hydroxylation sites is 1. The predicted octanol–water partition coefficient (Wildman–Crippen LogP) is 2.31. The van der Waals surface area contributed by atoms with Crippen LogP contribution in [0.25, 0.3) is 11.6 Å². The van der Waals surface area contributed by atoms with Crippen molar-refractivity contribution in [2.75, 3.05) is 12.8 Å². The number of methoxy groups -OCH3 is 1. The van der Waals surface area contributed by atoms with Gasteiger partial charge in [0.2, 0.25) is 0 Å². The summed E-state index contributed by atoms with van der Waals surface area (Å²) in [5.41, 5.74) is 7.79. The fraction of sp³-hybridized carbons (Fsp3) is 0.133. The molecule has 0 aliphatic heterocycles. The van der Waals surface area contributed by atoms with Crippen LogP contribution in [0.2, 0.25) is 0 Å². The van der Waals surface area contributed by atoms with Crippen LogP contribution in [-0.4, -0.2) is 22.2 Å². The van der Waals surface area contributed by atoms with Crippen LogP contribution >= 0.6 is 0 Å². The second-order valence-corrected chi connectivity index (χ2v) is 4.48. The van der Waals surface area contributed by atoms with E-state index in [0.29, 0.717) is 29.5 Å². The molecule has 0 atom stereocenters. The lowest BCUT2D eigenvalue weighted by atomic mass is 10.1. The number of nitrogens with zero attached hydrogens (tertiary/aromatic N) is 3. The summed E-state index contributed by atoms with van der Waals surface area (Å²) in [5, 5.41) is 3.97. The maximum atomic E-state index is 5.60. The third kappa shape index (κ3) is 2.84. The quantitative estimate of drug-likeness (QED) is 0.790. The Morgan fingerprint density at radius 1 is 1.19 bits per heavy atom. The molecule has 0 aliphatic carbocycles. The van der Waals surface area contributed by atoms with Gasteiger partial charge in [-0.3, -0.25) is 0 Å². The van der Waals surface area contributed by atoms with Crippen molar-refractivity contribution < 1.29 is 9.26 Å². The van der Waals surface area contributed by atoms with Gasteiger partial charge in [-0.1, -0.05) is 23.4 Å². The summed E-state index contributed by atoms with van der Waals surface area (Å²) in [7, 11) is 1.64. The van der Waals surface area contributed by atoms with Crippen molar-refractivity contribution in [1.82, 2.24) is 15.1 Å². The van der Waals surface area contributed by atoms with Crippen LogP contribution in [-0.2, 0) is 6.42 Å². The number of nitrogen functional groups attached to an aromatic ring is 1. The Kier molecular flexibility index (Phi) is 3.51. The van der Waals surface area contributed by atoms with Crippen LogP contribution in [0.1, 0.15) is 11.4 Å². The lowest BCUT2D eigenvalue weighted by Gasteiger charge is -2.04. The summed E-state index contributed by atoms with van der Waals surface area (Å²) in [6.45, 7) is 0. The number of nitrogens with two attached hydrogens (primary N) is 1. The van der Waals surface area contributed by atoms with Crippen molar-refractivity contribution in [2.24, 2.45) is 0 Å². The molecule has 3 rings (SSSR count). The van der Waals surface area contributed by atoms with Gasteiger partial charge in [0.15, 0.2) is 5.82 Å². The van der Waals surface area contributed by atoms with Crippen molar-refractivity contribution in [1.29, 1.82) is 0 Å². The molecule has 0 fully saturated rings. The molecule has 0 bridgehead atoms. The average Bonchev–Trinajstić information content (AvgIpc) is 2.97. The van der Waals surface area contributed by atoms with E-state index in [-0.39, 0.29) is 0 Å². The number of aromatic nitrogens is 3. The van der Waals surface area contributed by atoms with E-state index in [2.05, 4.69) is 15.1 Å². The summed E-state index contributed by atoms with van der Waals surface area (Å²) in [4.78, 5) is 8.50. The Labute approximate surface area is 121 Å². The molecule has 0 aliphatic rings. The van der Waals surface area contributed by atoms with E-state index in [1.165, 1.54) is 0 Å². The lowest BCUT2D eigenvalue weighted by Crippen LogP contribution is -1.95. The second-order valence-electron chi connectivity index (χ2n) is 4.48. The molecule has 2 heterocycles. The van der Waals surface area contributed by atoms with E-state index in [1.807, 2.05) is 24.3 Å². The fourth-order valence-corrected chi connectivity index (χ4v) is 1.98. The van der Waals surface area contributed by atoms with E-state index in [9.17, 15) is 0 Å². The number of hydrogen-bond donors (Lipinski definition) is 1. The summed E-state index contributed by atoms with van der Waals surface area (Å²) in [5.74, 6) is 1.75. The Bertz CT molecular complexity index is 737. The molecule has 2 N–H and O–H groups in total. The normalized spacial score (nSPS) is 10.5. The van der Waals surface area contributed by atoms with Crippen molar-refractivity contribution in [3.63, 3.8) is 0 Å². The second kappa shape index (κ2) is 5.62. The maximum absolute atomic E-state index is 5.60. The van der Waals surface area contributed by atoms with Crippen molar-refractivity contribution in [3.8, 4) is 17.3 Å². The number of ether oxygens (including phenoxy) is 1.